The molecule has 0 aliphatic carbocycles. The molecular weight excluding hydrogens is 514 g/mol. The lowest BCUT2D eigenvalue weighted by atomic mass is 9.69. The van der Waals surface area contributed by atoms with Crippen LogP contribution in [0.4, 0.5) is 0 Å². The zero-order valence-corrected chi connectivity index (χ0v) is 24.7. The Labute approximate surface area is 244 Å². The van der Waals surface area contributed by atoms with E-state index in [0.717, 1.165) is 88.9 Å². The highest BCUT2D eigenvalue weighted by molar-refractivity contribution is 5.94. The van der Waals surface area contributed by atoms with E-state index in [0.29, 0.717) is 0 Å². The van der Waals surface area contributed by atoms with Crippen LogP contribution in [0.25, 0.3) is 0 Å². The highest BCUT2D eigenvalue weighted by Crippen LogP contribution is 2.42. The first-order valence-corrected chi connectivity index (χ1v) is 14.7. The molecule has 0 unspecified atom stereocenters. The van der Waals surface area contributed by atoms with E-state index in [-0.39, 0.29) is 11.3 Å². The second-order valence-electron chi connectivity index (χ2n) is 11.2. The van der Waals surface area contributed by atoms with Gasteiger partial charge in [-0.15, -0.1) is 0 Å². The molecule has 0 bridgehead atoms. The van der Waals surface area contributed by atoms with Gasteiger partial charge in [0.2, 0.25) is 0 Å². The van der Waals surface area contributed by atoms with Crippen LogP contribution in [0.1, 0.15) is 39.9 Å². The fourth-order valence-electron chi connectivity index (χ4n) is 6.38. The van der Waals surface area contributed by atoms with Gasteiger partial charge in [0.1, 0.15) is 11.5 Å². The number of nitrogens with zero attached hydrogens (tertiary/aromatic N) is 3. The summed E-state index contributed by atoms with van der Waals surface area (Å²) in [5, 5.41) is 0. The van der Waals surface area contributed by atoms with Gasteiger partial charge in [-0.25, -0.2) is 0 Å². The molecule has 2 aliphatic rings. The van der Waals surface area contributed by atoms with E-state index in [2.05, 4.69) is 70.5 Å². The van der Waals surface area contributed by atoms with E-state index in [4.69, 9.17) is 14.2 Å². The summed E-state index contributed by atoms with van der Waals surface area (Å²) in [6.07, 6.45) is 2.15. The maximum Gasteiger partial charge on any atom is 0.253 e. The lowest BCUT2D eigenvalue weighted by Crippen LogP contribution is -2.49. The van der Waals surface area contributed by atoms with Crippen molar-refractivity contribution in [2.45, 2.75) is 24.8 Å². The molecular formula is C34H43N3O4. The van der Waals surface area contributed by atoms with Crippen molar-refractivity contribution in [3.8, 4) is 11.5 Å². The summed E-state index contributed by atoms with van der Waals surface area (Å²) in [6, 6.07) is 25.3. The molecule has 7 nitrogen and oxygen atoms in total. The molecule has 3 aromatic carbocycles. The number of benzene rings is 3. The van der Waals surface area contributed by atoms with Crippen molar-refractivity contribution in [2.24, 2.45) is 0 Å². The molecule has 7 heteroatoms. The predicted octanol–water partition coefficient (Wildman–Crippen LogP) is 4.69. The number of carbonyl (C=O) groups is 1. The molecule has 0 aromatic heterocycles. The minimum absolute atomic E-state index is 0.127. The summed E-state index contributed by atoms with van der Waals surface area (Å²) in [6.45, 7) is 7.66. The summed E-state index contributed by atoms with van der Waals surface area (Å²) in [5.74, 6) is 1.86. The van der Waals surface area contributed by atoms with Gasteiger partial charge in [0.15, 0.2) is 0 Å². The number of piperazine rings is 1. The number of hydrogen-bond donors (Lipinski definition) is 0. The van der Waals surface area contributed by atoms with Crippen LogP contribution in [0.3, 0.4) is 0 Å². The van der Waals surface area contributed by atoms with Crippen LogP contribution in [0.5, 0.6) is 11.5 Å². The van der Waals surface area contributed by atoms with Gasteiger partial charge in [-0.1, -0.05) is 36.4 Å². The largest absolute Gasteiger partial charge is 0.497 e. The third-order valence-corrected chi connectivity index (χ3v) is 8.71. The highest BCUT2D eigenvalue weighted by atomic mass is 16.5. The third kappa shape index (κ3) is 6.75. The summed E-state index contributed by atoms with van der Waals surface area (Å²) in [4.78, 5) is 20.3. The highest BCUT2D eigenvalue weighted by Gasteiger charge is 2.39. The number of piperidine rings is 1. The monoisotopic (exact) mass is 557 g/mol. The fraction of sp³-hybridized carbons (Fsp3) is 0.441. The number of methoxy groups -OCH3 is 3. The molecule has 1 amide bonds. The van der Waals surface area contributed by atoms with Crippen LogP contribution >= 0.6 is 0 Å². The molecule has 41 heavy (non-hydrogen) atoms. The van der Waals surface area contributed by atoms with Crippen molar-refractivity contribution in [3.05, 3.63) is 95.1 Å². The first kappa shape index (κ1) is 29.1. The maximum absolute atomic E-state index is 13.4. The quantitative estimate of drug-likeness (QED) is 0.361. The van der Waals surface area contributed by atoms with E-state index >= 15 is 0 Å². The van der Waals surface area contributed by atoms with E-state index < -0.39 is 0 Å². The van der Waals surface area contributed by atoms with Crippen LogP contribution < -0.4 is 9.47 Å². The molecule has 2 heterocycles. The van der Waals surface area contributed by atoms with Crippen LogP contribution in [0.15, 0.2) is 72.8 Å². The molecule has 0 atom stereocenters. The zero-order chi connectivity index (χ0) is 28.7. The summed E-state index contributed by atoms with van der Waals surface area (Å²) in [5.41, 5.74) is 4.40. The van der Waals surface area contributed by atoms with E-state index in [1.54, 1.807) is 21.3 Å². The number of hydrogen-bond acceptors (Lipinski definition) is 6. The minimum Gasteiger partial charge on any atom is -0.497 e. The van der Waals surface area contributed by atoms with Crippen molar-refractivity contribution in [3.63, 3.8) is 0 Å². The molecule has 5 rings (SSSR count). The molecule has 218 valence electrons. The van der Waals surface area contributed by atoms with E-state index in [9.17, 15) is 4.79 Å². The van der Waals surface area contributed by atoms with E-state index in [1.807, 2.05) is 17.0 Å². The maximum atomic E-state index is 13.4. The Bertz CT molecular complexity index is 1220. The first-order valence-electron chi connectivity index (χ1n) is 14.7. The van der Waals surface area contributed by atoms with Crippen LogP contribution in [0, 0.1) is 0 Å². The zero-order valence-electron chi connectivity index (χ0n) is 24.7. The topological polar surface area (TPSA) is 54.5 Å². The number of rotatable bonds is 10. The first-order chi connectivity index (χ1) is 20.0. The Morgan fingerprint density at radius 2 is 1.41 bits per heavy atom. The second-order valence-corrected chi connectivity index (χ2v) is 11.2. The Balaban J connectivity index is 1.32. The lowest BCUT2D eigenvalue weighted by Gasteiger charge is -2.44. The van der Waals surface area contributed by atoms with Crippen molar-refractivity contribution in [1.82, 2.24) is 14.7 Å². The van der Waals surface area contributed by atoms with Gasteiger partial charge in [-0.05, 0) is 72.5 Å². The van der Waals surface area contributed by atoms with Gasteiger partial charge in [0.05, 0.1) is 20.8 Å². The molecule has 3 aromatic rings. The van der Waals surface area contributed by atoms with E-state index in [1.165, 1.54) is 16.7 Å². The molecule has 2 aliphatic heterocycles. The number of amides is 1. The Hall–Kier alpha value is -3.39. The molecule has 0 saturated carbocycles. The number of ether oxygens (including phenoxy) is 3. The van der Waals surface area contributed by atoms with Gasteiger partial charge in [-0.2, -0.15) is 0 Å². The molecule has 0 spiro atoms. The standard InChI is InChI=1S/C34H43N3O4/c1-39-23-22-35-18-20-37(21-19-35)33(38)28-7-4-6-27(24-28)25-36-17-5-16-34(26-36,29-8-12-31(40-2)13-9-29)30-10-14-32(41-3)15-11-30/h4,6-15,24H,5,16-23,25-26H2,1-3H3. The SMILES string of the molecule is COCCN1CCN(C(=O)c2cccc(CN3CCCC(c4ccc(OC)cc4)(c4ccc(OC)cc4)C3)c2)CC1. The average molecular weight is 558 g/mol. The minimum atomic E-state index is -0.146. The Morgan fingerprint density at radius 1 is 0.780 bits per heavy atom. The smallest absolute Gasteiger partial charge is 0.253 e. The average Bonchev–Trinajstić information content (AvgIpc) is 3.04. The molecule has 2 saturated heterocycles. The Kier molecular flexibility index (Phi) is 9.60. The summed E-state index contributed by atoms with van der Waals surface area (Å²) < 4.78 is 16.1. The van der Waals surface area contributed by atoms with Crippen molar-refractivity contribution >= 4 is 5.91 Å². The van der Waals surface area contributed by atoms with Crippen molar-refractivity contribution in [2.75, 3.05) is 73.7 Å². The van der Waals surface area contributed by atoms with Gasteiger partial charge in [0.25, 0.3) is 5.91 Å². The van der Waals surface area contributed by atoms with Gasteiger partial charge in [-0.3, -0.25) is 14.6 Å². The predicted molar refractivity (Wildman–Crippen MR) is 162 cm³/mol. The molecule has 2 fully saturated rings. The molecule has 0 N–H and O–H groups in total. The molecule has 0 radical (unpaired) electrons. The summed E-state index contributed by atoms with van der Waals surface area (Å²) in [7, 11) is 5.14. The second kappa shape index (κ2) is 13.5. The van der Waals surface area contributed by atoms with Crippen molar-refractivity contribution < 1.29 is 19.0 Å². The van der Waals surface area contributed by atoms with Crippen LogP contribution in [0.2, 0.25) is 0 Å². The fourth-order valence-corrected chi connectivity index (χ4v) is 6.38. The normalized spacial score (nSPS) is 17.8. The Morgan fingerprint density at radius 3 is 2.00 bits per heavy atom. The number of carbonyl (C=O) groups excluding carboxylic acids is 1. The third-order valence-electron chi connectivity index (χ3n) is 8.71. The van der Waals surface area contributed by atoms with Crippen molar-refractivity contribution in [1.29, 1.82) is 0 Å². The van der Waals surface area contributed by atoms with Crippen LogP contribution in [-0.2, 0) is 16.7 Å². The lowest BCUT2D eigenvalue weighted by molar-refractivity contribution is 0.0594. The summed E-state index contributed by atoms with van der Waals surface area (Å²) >= 11 is 0. The number of likely N-dealkylation sites (tertiary alicyclic amines) is 1. The van der Waals surface area contributed by atoms with Gasteiger partial charge >= 0.3 is 0 Å². The van der Waals surface area contributed by atoms with Gasteiger partial charge < -0.3 is 19.1 Å². The van der Waals surface area contributed by atoms with Gasteiger partial charge in [0, 0.05) is 63.9 Å². The van der Waals surface area contributed by atoms with Crippen LogP contribution in [-0.4, -0.2) is 94.4 Å².